The van der Waals surface area contributed by atoms with Crippen LogP contribution in [0.15, 0.2) is 128 Å². The molecule has 0 amide bonds. The molecule has 0 atom stereocenters. The zero-order valence-electron chi connectivity index (χ0n) is 20.5. The predicted octanol–water partition coefficient (Wildman–Crippen LogP) is 8.92. The molecule has 8 rings (SSSR count). The number of nitrogens with zero attached hydrogens (tertiary/aromatic N) is 3. The highest BCUT2D eigenvalue weighted by atomic mass is 14.8. The van der Waals surface area contributed by atoms with Gasteiger partial charge in [-0.25, -0.2) is 9.97 Å². The van der Waals surface area contributed by atoms with Crippen molar-refractivity contribution >= 4 is 43.2 Å². The molecule has 3 nitrogen and oxygen atoms in total. The topological polar surface area (TPSA) is 38.7 Å². The van der Waals surface area contributed by atoms with Crippen LogP contribution in [0.5, 0.6) is 0 Å². The molecule has 0 aliphatic rings. The Bertz CT molecular complexity index is 2110. The maximum Gasteiger partial charge on any atom is 0.115 e. The Kier molecular flexibility index (Phi) is 4.52. The second kappa shape index (κ2) is 8.19. The molecule has 0 bridgehead atoms. The molecular weight excluding hydrogens is 462 g/mol. The Morgan fingerprint density at radius 3 is 1.66 bits per heavy atom. The Hall–Kier alpha value is -5.15. The van der Waals surface area contributed by atoms with Gasteiger partial charge in [0.05, 0.1) is 5.52 Å². The fourth-order valence-electron chi connectivity index (χ4n) is 5.93. The zero-order chi connectivity index (χ0) is 25.1. The van der Waals surface area contributed by atoms with Gasteiger partial charge in [-0.05, 0) is 72.3 Å². The smallest absolute Gasteiger partial charge is 0.115 e. The molecular formula is C35H21N3. The van der Waals surface area contributed by atoms with Gasteiger partial charge >= 0.3 is 0 Å². The summed E-state index contributed by atoms with van der Waals surface area (Å²) in [5, 5.41) is 8.77. The van der Waals surface area contributed by atoms with Crippen LogP contribution in [-0.4, -0.2) is 15.0 Å². The fraction of sp³-hybridized carbons (Fsp3) is 0. The average Bonchev–Trinajstić information content (AvgIpc) is 3.00. The van der Waals surface area contributed by atoms with Crippen LogP contribution in [-0.2, 0) is 0 Å². The molecule has 176 valence electrons. The van der Waals surface area contributed by atoms with Gasteiger partial charge in [-0.15, -0.1) is 0 Å². The van der Waals surface area contributed by atoms with E-state index in [4.69, 9.17) is 0 Å². The number of benzene rings is 6. The molecule has 3 heteroatoms. The first-order chi connectivity index (χ1) is 18.8. The van der Waals surface area contributed by atoms with Crippen LogP contribution in [0.25, 0.3) is 76.6 Å². The molecule has 38 heavy (non-hydrogen) atoms. The van der Waals surface area contributed by atoms with E-state index in [9.17, 15) is 0 Å². The van der Waals surface area contributed by atoms with Crippen molar-refractivity contribution in [1.29, 1.82) is 0 Å². The van der Waals surface area contributed by atoms with Crippen LogP contribution in [0.4, 0.5) is 0 Å². The van der Waals surface area contributed by atoms with Crippen molar-refractivity contribution in [3.8, 4) is 33.4 Å². The Labute approximate surface area is 219 Å². The van der Waals surface area contributed by atoms with Crippen molar-refractivity contribution in [1.82, 2.24) is 15.0 Å². The van der Waals surface area contributed by atoms with E-state index in [-0.39, 0.29) is 0 Å². The lowest BCUT2D eigenvalue weighted by molar-refractivity contribution is 1.17. The van der Waals surface area contributed by atoms with E-state index in [2.05, 4.69) is 112 Å². The van der Waals surface area contributed by atoms with E-state index in [1.165, 1.54) is 60.0 Å². The van der Waals surface area contributed by atoms with Crippen LogP contribution in [0.3, 0.4) is 0 Å². The van der Waals surface area contributed by atoms with Crippen molar-refractivity contribution in [2.75, 3.05) is 0 Å². The van der Waals surface area contributed by atoms with Crippen LogP contribution in [0.2, 0.25) is 0 Å². The summed E-state index contributed by atoms with van der Waals surface area (Å²) in [6, 6.07) is 37.3. The van der Waals surface area contributed by atoms with Crippen molar-refractivity contribution in [2.24, 2.45) is 0 Å². The second-order valence-corrected chi connectivity index (χ2v) is 9.73. The van der Waals surface area contributed by atoms with Gasteiger partial charge in [-0.2, -0.15) is 0 Å². The SMILES string of the molecule is c1cc(-c2ccc(-c3ccc4ccc5c(-c6cncnc6)ccc6ccc3c4c65)cc2)c2cccnc2c1. The molecule has 0 N–H and O–H groups in total. The second-order valence-electron chi connectivity index (χ2n) is 9.73. The largest absolute Gasteiger partial charge is 0.256 e. The minimum Gasteiger partial charge on any atom is -0.256 e. The molecule has 0 spiro atoms. The van der Waals surface area contributed by atoms with E-state index in [0.29, 0.717) is 0 Å². The summed E-state index contributed by atoms with van der Waals surface area (Å²) in [5.41, 5.74) is 8.06. The Morgan fingerprint density at radius 2 is 1.00 bits per heavy atom. The molecule has 0 radical (unpaired) electrons. The highest BCUT2D eigenvalue weighted by molar-refractivity contribution is 6.27. The third kappa shape index (κ3) is 3.12. The van der Waals surface area contributed by atoms with Crippen molar-refractivity contribution in [3.05, 3.63) is 128 Å². The monoisotopic (exact) mass is 483 g/mol. The molecule has 6 aromatic carbocycles. The van der Waals surface area contributed by atoms with Gasteiger partial charge < -0.3 is 0 Å². The minimum absolute atomic E-state index is 1.02. The van der Waals surface area contributed by atoms with Gasteiger partial charge in [0, 0.05) is 29.5 Å². The van der Waals surface area contributed by atoms with Gasteiger partial charge in [0.1, 0.15) is 6.33 Å². The normalized spacial score (nSPS) is 11.7. The maximum absolute atomic E-state index is 4.53. The van der Waals surface area contributed by atoms with Gasteiger partial charge in [0.25, 0.3) is 0 Å². The maximum atomic E-state index is 4.53. The van der Waals surface area contributed by atoms with E-state index < -0.39 is 0 Å². The number of rotatable bonds is 3. The molecule has 2 aromatic heterocycles. The number of pyridine rings is 1. The first-order valence-corrected chi connectivity index (χ1v) is 12.8. The zero-order valence-corrected chi connectivity index (χ0v) is 20.5. The van der Waals surface area contributed by atoms with Crippen molar-refractivity contribution in [3.63, 3.8) is 0 Å². The number of aromatic nitrogens is 3. The number of hydrogen-bond donors (Lipinski definition) is 0. The molecule has 0 unspecified atom stereocenters. The fourth-order valence-corrected chi connectivity index (χ4v) is 5.93. The average molecular weight is 484 g/mol. The molecule has 0 saturated carbocycles. The third-order valence-electron chi connectivity index (χ3n) is 7.69. The lowest BCUT2D eigenvalue weighted by atomic mass is 9.87. The first-order valence-electron chi connectivity index (χ1n) is 12.8. The van der Waals surface area contributed by atoms with Crippen LogP contribution >= 0.6 is 0 Å². The summed E-state index contributed by atoms with van der Waals surface area (Å²) in [7, 11) is 0. The van der Waals surface area contributed by atoms with E-state index >= 15 is 0 Å². The molecule has 0 saturated heterocycles. The Balaban J connectivity index is 1.31. The summed E-state index contributed by atoms with van der Waals surface area (Å²) < 4.78 is 0. The molecule has 2 heterocycles. The summed E-state index contributed by atoms with van der Waals surface area (Å²) in [6.07, 6.45) is 7.20. The lowest BCUT2D eigenvalue weighted by Crippen LogP contribution is -1.90. The third-order valence-corrected chi connectivity index (χ3v) is 7.69. The molecule has 0 aliphatic carbocycles. The van der Waals surface area contributed by atoms with E-state index in [1.807, 2.05) is 24.7 Å². The molecule has 8 aromatic rings. The standard InChI is InChI=1S/C35H21N3/c1-3-27(30-4-2-18-38-33(30)5-1)22-6-8-23(9-7-22)28-14-10-24-13-17-32-29(26-19-36-21-37-20-26)15-11-25-12-16-31(28)34(24)35(25)32/h1-21H. The number of hydrogen-bond acceptors (Lipinski definition) is 3. The van der Waals surface area contributed by atoms with Gasteiger partial charge in [-0.3, -0.25) is 4.98 Å². The van der Waals surface area contributed by atoms with Crippen molar-refractivity contribution < 1.29 is 0 Å². The summed E-state index contributed by atoms with van der Waals surface area (Å²) >= 11 is 0. The molecule has 0 aliphatic heterocycles. The predicted molar refractivity (Wildman–Crippen MR) is 157 cm³/mol. The van der Waals surface area contributed by atoms with E-state index in [1.54, 1.807) is 6.33 Å². The summed E-state index contributed by atoms with van der Waals surface area (Å²) in [6.45, 7) is 0. The highest BCUT2D eigenvalue weighted by Gasteiger charge is 2.15. The molecule has 0 fully saturated rings. The van der Waals surface area contributed by atoms with Crippen LogP contribution < -0.4 is 0 Å². The number of fused-ring (bicyclic) bond motifs is 1. The summed E-state index contributed by atoms with van der Waals surface area (Å²) in [5.74, 6) is 0. The van der Waals surface area contributed by atoms with E-state index in [0.717, 1.165) is 16.6 Å². The van der Waals surface area contributed by atoms with Gasteiger partial charge in [0.2, 0.25) is 0 Å². The van der Waals surface area contributed by atoms with Crippen LogP contribution in [0.1, 0.15) is 0 Å². The summed E-state index contributed by atoms with van der Waals surface area (Å²) in [4.78, 5) is 13.0. The van der Waals surface area contributed by atoms with Gasteiger partial charge in [-0.1, -0.05) is 91.0 Å². The van der Waals surface area contributed by atoms with Crippen LogP contribution in [0, 0.1) is 0 Å². The Morgan fingerprint density at radius 1 is 0.421 bits per heavy atom. The first kappa shape index (κ1) is 21.0. The lowest BCUT2D eigenvalue weighted by Gasteiger charge is -2.16. The van der Waals surface area contributed by atoms with Gasteiger partial charge in [0.15, 0.2) is 0 Å². The minimum atomic E-state index is 1.02. The highest BCUT2D eigenvalue weighted by Crippen LogP contribution is 2.42. The van der Waals surface area contributed by atoms with Crippen molar-refractivity contribution in [2.45, 2.75) is 0 Å². The quantitative estimate of drug-likeness (QED) is 0.235.